The highest BCUT2D eigenvalue weighted by atomic mass is 35.5. The number of ether oxygens (including phenoxy) is 1. The van der Waals surface area contributed by atoms with Gasteiger partial charge in [-0.2, -0.15) is 4.31 Å². The van der Waals surface area contributed by atoms with E-state index in [-0.39, 0.29) is 28.5 Å². The first-order valence-electron chi connectivity index (χ1n) is 10.3. The molecule has 2 aromatic carbocycles. The third kappa shape index (κ3) is 5.80. The van der Waals surface area contributed by atoms with Gasteiger partial charge in [0.15, 0.2) is 0 Å². The largest absolute Gasteiger partial charge is 0.482 e. The summed E-state index contributed by atoms with van der Waals surface area (Å²) in [5, 5.41) is 0.370. The van der Waals surface area contributed by atoms with Crippen molar-refractivity contribution in [3.8, 4) is 5.75 Å². The molecule has 7 nitrogen and oxygen atoms in total. The topological polar surface area (TPSA) is 80.1 Å². The number of halogens is 2. The van der Waals surface area contributed by atoms with Crippen LogP contribution in [0.3, 0.4) is 0 Å². The molecule has 4 rings (SSSR count). The fourth-order valence-corrected chi connectivity index (χ4v) is 5.22. The predicted octanol–water partition coefficient (Wildman–Crippen LogP) is 3.52. The minimum atomic E-state index is -3.61. The third-order valence-electron chi connectivity index (χ3n) is 5.30. The number of piperazine rings is 1. The van der Waals surface area contributed by atoms with Crippen LogP contribution in [0.4, 0.5) is 4.39 Å². The molecule has 0 bridgehead atoms. The lowest BCUT2D eigenvalue weighted by molar-refractivity contribution is 0.169. The van der Waals surface area contributed by atoms with Crippen molar-refractivity contribution in [2.45, 2.75) is 18.0 Å². The first-order valence-corrected chi connectivity index (χ1v) is 12.1. The van der Waals surface area contributed by atoms with Gasteiger partial charge in [0.05, 0.1) is 11.4 Å². The lowest BCUT2D eigenvalue weighted by Gasteiger charge is -2.33. The Morgan fingerprint density at radius 3 is 2.42 bits per heavy atom. The van der Waals surface area contributed by atoms with Crippen molar-refractivity contribution in [2.24, 2.45) is 0 Å². The van der Waals surface area contributed by atoms with Crippen LogP contribution in [-0.2, 0) is 23.2 Å². The number of hydrogen-bond donors (Lipinski definition) is 0. The molecule has 1 fully saturated rings. The van der Waals surface area contributed by atoms with E-state index in [4.69, 9.17) is 20.8 Å². The van der Waals surface area contributed by atoms with Crippen LogP contribution in [0.15, 0.2) is 75.0 Å². The zero-order valence-corrected chi connectivity index (χ0v) is 19.2. The molecule has 1 aliphatic heterocycles. The molecule has 0 spiro atoms. The summed E-state index contributed by atoms with van der Waals surface area (Å²) in [6, 6.07) is 13.4. The second kappa shape index (κ2) is 10.0. The minimum Gasteiger partial charge on any atom is -0.482 e. The quantitative estimate of drug-likeness (QED) is 0.502. The lowest BCUT2D eigenvalue weighted by atomic mass is 10.2. The molecule has 0 atom stereocenters. The van der Waals surface area contributed by atoms with E-state index in [9.17, 15) is 17.6 Å². The second-order valence-electron chi connectivity index (χ2n) is 7.63. The molecular formula is C23H22ClFN2O5S. The van der Waals surface area contributed by atoms with Crippen LogP contribution >= 0.6 is 11.6 Å². The fourth-order valence-electron chi connectivity index (χ4n) is 3.49. The van der Waals surface area contributed by atoms with Gasteiger partial charge in [0.1, 0.15) is 24.4 Å². The molecule has 1 saturated heterocycles. The molecule has 0 radical (unpaired) electrons. The van der Waals surface area contributed by atoms with E-state index < -0.39 is 10.0 Å². The molecule has 1 aromatic heterocycles. The molecule has 1 aliphatic rings. The van der Waals surface area contributed by atoms with E-state index in [1.54, 1.807) is 24.3 Å². The van der Waals surface area contributed by atoms with Gasteiger partial charge in [0.25, 0.3) is 0 Å². The first-order chi connectivity index (χ1) is 15.8. The smallest absolute Gasteiger partial charge is 0.243 e. The van der Waals surface area contributed by atoms with E-state index in [1.807, 2.05) is 4.90 Å². The highest BCUT2D eigenvalue weighted by Gasteiger charge is 2.28. The Hall–Kier alpha value is -2.72. The molecule has 0 unspecified atom stereocenters. The normalized spacial score (nSPS) is 15.5. The van der Waals surface area contributed by atoms with Crippen molar-refractivity contribution < 1.29 is 22.0 Å². The molecule has 0 saturated carbocycles. The number of hydrogen-bond acceptors (Lipinski definition) is 6. The standard InChI is InChI=1S/C23H22ClFN2O5S/c24-18-2-1-3-21(12-18)33(29,30)27-10-8-26(9-11-27)14-20-13-22(28)23(16-31-20)32-15-17-4-6-19(25)7-5-17/h1-7,12-13,16H,8-11,14-15H2. The zero-order valence-electron chi connectivity index (χ0n) is 17.6. The van der Waals surface area contributed by atoms with Crippen LogP contribution in [0.5, 0.6) is 5.75 Å². The van der Waals surface area contributed by atoms with Gasteiger partial charge in [0, 0.05) is 37.3 Å². The van der Waals surface area contributed by atoms with Gasteiger partial charge < -0.3 is 9.15 Å². The van der Waals surface area contributed by atoms with Crippen molar-refractivity contribution in [3.05, 3.63) is 93.2 Å². The highest BCUT2D eigenvalue weighted by Crippen LogP contribution is 2.21. The monoisotopic (exact) mass is 492 g/mol. The van der Waals surface area contributed by atoms with Crippen LogP contribution in [0.25, 0.3) is 0 Å². The van der Waals surface area contributed by atoms with E-state index in [0.29, 0.717) is 43.5 Å². The van der Waals surface area contributed by atoms with Gasteiger partial charge in [-0.05, 0) is 35.9 Å². The summed E-state index contributed by atoms with van der Waals surface area (Å²) in [4.78, 5) is 14.6. The van der Waals surface area contributed by atoms with E-state index in [0.717, 1.165) is 5.56 Å². The van der Waals surface area contributed by atoms with Crippen LogP contribution in [0, 0.1) is 5.82 Å². The summed E-state index contributed by atoms with van der Waals surface area (Å²) in [6.07, 6.45) is 1.26. The van der Waals surface area contributed by atoms with Gasteiger partial charge in [-0.15, -0.1) is 0 Å². The highest BCUT2D eigenvalue weighted by molar-refractivity contribution is 7.89. The van der Waals surface area contributed by atoms with Crippen molar-refractivity contribution in [1.29, 1.82) is 0 Å². The molecule has 10 heteroatoms. The Kier molecular flexibility index (Phi) is 7.14. The molecular weight excluding hydrogens is 471 g/mol. The SMILES string of the molecule is O=c1cc(CN2CCN(S(=O)(=O)c3cccc(Cl)c3)CC2)occ1OCc1ccc(F)cc1. The van der Waals surface area contributed by atoms with E-state index in [2.05, 4.69) is 0 Å². The fraction of sp³-hybridized carbons (Fsp3) is 0.261. The van der Waals surface area contributed by atoms with Crippen LogP contribution < -0.4 is 10.2 Å². The van der Waals surface area contributed by atoms with Crippen LogP contribution in [-0.4, -0.2) is 43.8 Å². The Balaban J connectivity index is 1.32. The molecule has 2 heterocycles. The summed E-state index contributed by atoms with van der Waals surface area (Å²) in [5.74, 6) is 0.186. The average molecular weight is 493 g/mol. The summed E-state index contributed by atoms with van der Waals surface area (Å²) in [6.45, 7) is 2.11. The Bertz CT molecular complexity index is 1270. The van der Waals surface area contributed by atoms with Gasteiger partial charge >= 0.3 is 0 Å². The summed E-state index contributed by atoms with van der Waals surface area (Å²) >= 11 is 5.93. The van der Waals surface area contributed by atoms with Crippen molar-refractivity contribution >= 4 is 21.6 Å². The first kappa shape index (κ1) is 23.4. The molecule has 0 amide bonds. The molecule has 3 aromatic rings. The zero-order chi connectivity index (χ0) is 23.4. The third-order valence-corrected chi connectivity index (χ3v) is 7.43. The number of nitrogens with zero attached hydrogens (tertiary/aromatic N) is 2. The van der Waals surface area contributed by atoms with Crippen LogP contribution in [0.1, 0.15) is 11.3 Å². The average Bonchev–Trinajstić information content (AvgIpc) is 2.80. The Morgan fingerprint density at radius 1 is 1.03 bits per heavy atom. The summed E-state index contributed by atoms with van der Waals surface area (Å²) in [7, 11) is -3.61. The number of benzene rings is 2. The lowest BCUT2D eigenvalue weighted by Crippen LogP contribution is -2.48. The van der Waals surface area contributed by atoms with Gasteiger partial charge in [-0.3, -0.25) is 9.69 Å². The van der Waals surface area contributed by atoms with Crippen LogP contribution in [0.2, 0.25) is 5.02 Å². The molecule has 33 heavy (non-hydrogen) atoms. The number of sulfonamides is 1. The van der Waals surface area contributed by atoms with Crippen molar-refractivity contribution in [3.63, 3.8) is 0 Å². The minimum absolute atomic E-state index is 0.0699. The Labute approximate surface area is 196 Å². The van der Waals surface area contributed by atoms with Gasteiger partial charge in [-0.1, -0.05) is 29.8 Å². The second-order valence-corrected chi connectivity index (χ2v) is 10.0. The molecule has 0 aliphatic carbocycles. The van der Waals surface area contributed by atoms with Gasteiger partial charge in [0.2, 0.25) is 21.2 Å². The van der Waals surface area contributed by atoms with Crippen molar-refractivity contribution in [1.82, 2.24) is 9.21 Å². The Morgan fingerprint density at radius 2 is 1.76 bits per heavy atom. The maximum atomic E-state index is 13.0. The van der Waals surface area contributed by atoms with E-state index >= 15 is 0 Å². The van der Waals surface area contributed by atoms with Gasteiger partial charge in [-0.25, -0.2) is 12.8 Å². The summed E-state index contributed by atoms with van der Waals surface area (Å²) in [5.41, 5.74) is 0.408. The molecule has 0 N–H and O–H groups in total. The van der Waals surface area contributed by atoms with E-state index in [1.165, 1.54) is 40.9 Å². The maximum absolute atomic E-state index is 13.0. The number of rotatable bonds is 7. The predicted molar refractivity (Wildman–Crippen MR) is 121 cm³/mol. The molecule has 174 valence electrons. The van der Waals surface area contributed by atoms with Crippen molar-refractivity contribution in [2.75, 3.05) is 26.2 Å². The summed E-state index contributed by atoms with van der Waals surface area (Å²) < 4.78 is 51.1. The maximum Gasteiger partial charge on any atom is 0.243 e.